The third kappa shape index (κ3) is 2.46. The molecule has 0 fully saturated rings. The zero-order chi connectivity index (χ0) is 6.85. The van der Waals surface area contributed by atoms with Crippen LogP contribution >= 0.6 is 0 Å². The maximum atomic E-state index is 4.19. The fourth-order valence-electron chi connectivity index (χ4n) is 0.506. The molecule has 0 bridgehead atoms. The van der Waals surface area contributed by atoms with Crippen LogP contribution in [-0.2, 0) is 0 Å². The van der Waals surface area contributed by atoms with Crippen LogP contribution in [-0.4, -0.2) is 60.5 Å². The van der Waals surface area contributed by atoms with Gasteiger partial charge in [-0.2, -0.15) is 0 Å². The summed E-state index contributed by atoms with van der Waals surface area (Å²) in [5, 5.41) is 0. The van der Waals surface area contributed by atoms with Crippen molar-refractivity contribution in [1.29, 1.82) is 0 Å². The molecule has 48 valence electrons. The van der Waals surface area contributed by atoms with Crippen LogP contribution in [0, 0.1) is 0 Å². The van der Waals surface area contributed by atoms with Gasteiger partial charge in [0.15, 0.2) is 0 Å². The van der Waals surface area contributed by atoms with E-state index in [0.29, 0.717) is 0 Å². The Bertz CT molecular complexity index is 175. The molecule has 1 aromatic rings. The van der Waals surface area contributed by atoms with Crippen molar-refractivity contribution in [2.24, 2.45) is 0 Å². The molecule has 3 unspecified atom stereocenters. The third-order valence-electron chi connectivity index (χ3n) is 0.783. The Labute approximate surface area is 79.7 Å². The molecule has 0 N–H and O–H groups in total. The predicted molar refractivity (Wildman–Crippen MR) is 46.6 cm³/mol. The summed E-state index contributed by atoms with van der Waals surface area (Å²) in [7, 11) is 0. The van der Waals surface area contributed by atoms with Gasteiger partial charge in [-0.15, -0.1) is 0 Å². The first-order valence-corrected chi connectivity index (χ1v) is 5.97. The van der Waals surface area contributed by atoms with Crippen LogP contribution in [0.15, 0.2) is 6.07 Å². The summed E-state index contributed by atoms with van der Waals surface area (Å²) in [6, 6.07) is 2.03. The average molecular weight is 308 g/mol. The van der Waals surface area contributed by atoms with Gasteiger partial charge in [0.05, 0.1) is 0 Å². The van der Waals surface area contributed by atoms with E-state index in [1.54, 1.807) is 33.7 Å². The Morgan fingerprint density at radius 2 is 1.44 bits per heavy atom. The molecule has 0 spiro atoms. The van der Waals surface area contributed by atoms with Crippen LogP contribution in [0.3, 0.4) is 0 Å². The molecule has 0 aliphatic heterocycles. The molecule has 1 heterocycles. The molecular weight excluding hydrogens is 301 g/mol. The fraction of sp³-hybridized carbons (Fsp3) is 0. The van der Waals surface area contributed by atoms with Crippen molar-refractivity contribution in [3.63, 3.8) is 0 Å². The van der Waals surface area contributed by atoms with E-state index >= 15 is 0 Å². The van der Waals surface area contributed by atoms with Gasteiger partial charge in [-0.05, 0) is 0 Å². The van der Waals surface area contributed by atoms with Crippen molar-refractivity contribution in [3.05, 3.63) is 6.07 Å². The van der Waals surface area contributed by atoms with Gasteiger partial charge in [0, 0.05) is 0 Å². The van der Waals surface area contributed by atoms with Crippen LogP contribution in [0.25, 0.3) is 0 Å². The summed E-state index contributed by atoms with van der Waals surface area (Å²) in [5.74, 6) is 0. The SMILES string of the molecule is [AsH2]c1cc([AsH2])nc([AsH2])n1. The first-order valence-electron chi connectivity index (χ1n) is 2.34. The second kappa shape index (κ2) is 3.24. The van der Waals surface area contributed by atoms with Crippen molar-refractivity contribution in [2.75, 3.05) is 0 Å². The number of hydrogen-bond donors (Lipinski definition) is 0. The average Bonchev–Trinajstić information content (AvgIpc) is 1.59. The van der Waals surface area contributed by atoms with E-state index in [1.165, 1.54) is 16.9 Å². The molecule has 1 aromatic heterocycles. The fourth-order valence-corrected chi connectivity index (χ4v) is 4.56. The molecule has 1 rings (SSSR count). The van der Waals surface area contributed by atoms with Crippen LogP contribution < -0.4 is 13.6 Å². The van der Waals surface area contributed by atoms with Gasteiger partial charge < -0.3 is 0 Å². The quantitative estimate of drug-likeness (QED) is 0.450. The van der Waals surface area contributed by atoms with Gasteiger partial charge in [0.25, 0.3) is 0 Å². The molecular formula is C4H7As3N2. The standard InChI is InChI=1S/C4H7As3N2/c5-2-1-3(6)9-4(7)8-2/h1H,5-7H2. The van der Waals surface area contributed by atoms with Gasteiger partial charge >= 0.3 is 80.2 Å². The van der Waals surface area contributed by atoms with E-state index in [-0.39, 0.29) is 0 Å². The molecule has 0 aliphatic carbocycles. The zero-order valence-electron chi connectivity index (χ0n) is 4.70. The summed E-state index contributed by atoms with van der Waals surface area (Å²) in [6.07, 6.45) is 0. The van der Waals surface area contributed by atoms with Crippen molar-refractivity contribution in [2.45, 2.75) is 0 Å². The molecule has 5 heteroatoms. The monoisotopic (exact) mass is 308 g/mol. The van der Waals surface area contributed by atoms with Crippen molar-refractivity contribution >= 4 is 64.1 Å². The van der Waals surface area contributed by atoms with Crippen molar-refractivity contribution in [3.8, 4) is 0 Å². The molecule has 2 nitrogen and oxygen atoms in total. The van der Waals surface area contributed by atoms with Gasteiger partial charge in [-0.3, -0.25) is 0 Å². The molecule has 3 atom stereocenters. The number of aromatic nitrogens is 2. The first-order chi connectivity index (χ1) is 4.18. The molecule has 0 aromatic carbocycles. The van der Waals surface area contributed by atoms with E-state index in [0.717, 1.165) is 13.6 Å². The molecule has 0 saturated carbocycles. The third-order valence-corrected chi connectivity index (χ3v) is 2.57. The minimum atomic E-state index is 0.948. The normalized spacial score (nSPS) is 9.67. The number of nitrogens with zero attached hydrogens (tertiary/aromatic N) is 2. The predicted octanol–water partition coefficient (Wildman–Crippen LogP) is -4.75. The summed E-state index contributed by atoms with van der Waals surface area (Å²) in [6.45, 7) is 0. The Hall–Kier alpha value is 0.755. The summed E-state index contributed by atoms with van der Waals surface area (Å²) >= 11 is 4.62. The van der Waals surface area contributed by atoms with Crippen molar-refractivity contribution < 1.29 is 0 Å². The number of rotatable bonds is 0. The summed E-state index contributed by atoms with van der Waals surface area (Å²) < 4.78 is 3.22. The van der Waals surface area contributed by atoms with E-state index in [9.17, 15) is 0 Å². The molecule has 0 aliphatic rings. The first kappa shape index (κ1) is 7.86. The van der Waals surface area contributed by atoms with Gasteiger partial charge in [-0.1, -0.05) is 0 Å². The topological polar surface area (TPSA) is 25.8 Å². The van der Waals surface area contributed by atoms with Crippen molar-refractivity contribution in [1.82, 2.24) is 9.97 Å². The second-order valence-corrected chi connectivity index (χ2v) is 5.14. The molecule has 0 saturated heterocycles. The Morgan fingerprint density at radius 1 is 1.00 bits per heavy atom. The van der Waals surface area contributed by atoms with Crippen LogP contribution in [0.1, 0.15) is 0 Å². The van der Waals surface area contributed by atoms with Gasteiger partial charge in [-0.25, -0.2) is 0 Å². The molecule has 0 radical (unpaired) electrons. The zero-order valence-corrected chi connectivity index (χ0v) is 12.0. The molecule has 9 heavy (non-hydrogen) atoms. The second-order valence-electron chi connectivity index (χ2n) is 1.58. The molecule has 0 amide bonds. The Balaban J connectivity index is 3.17. The summed E-state index contributed by atoms with van der Waals surface area (Å²) in [4.78, 5) is 8.38. The van der Waals surface area contributed by atoms with Crippen LogP contribution in [0.4, 0.5) is 0 Å². The van der Waals surface area contributed by atoms with E-state index in [4.69, 9.17) is 0 Å². The minimum absolute atomic E-state index is 0.948. The number of hydrogen-bond acceptors (Lipinski definition) is 2. The van der Waals surface area contributed by atoms with Gasteiger partial charge in [0.2, 0.25) is 0 Å². The Morgan fingerprint density at radius 3 is 1.78 bits per heavy atom. The van der Waals surface area contributed by atoms with E-state index in [2.05, 4.69) is 9.97 Å². The summed E-state index contributed by atoms with van der Waals surface area (Å²) in [5.41, 5.74) is 0. The van der Waals surface area contributed by atoms with Crippen LogP contribution in [0.5, 0.6) is 0 Å². The maximum absolute atomic E-state index is 4.19. The van der Waals surface area contributed by atoms with Crippen LogP contribution in [0.2, 0.25) is 0 Å². The van der Waals surface area contributed by atoms with E-state index < -0.39 is 0 Å². The van der Waals surface area contributed by atoms with Gasteiger partial charge in [0.1, 0.15) is 0 Å². The van der Waals surface area contributed by atoms with E-state index in [1.807, 2.05) is 6.07 Å². The Kier molecular flexibility index (Phi) is 2.83.